The second kappa shape index (κ2) is 8.43. The van der Waals surface area contributed by atoms with E-state index >= 15 is 0 Å². The normalized spacial score (nSPS) is 11.6. The predicted molar refractivity (Wildman–Crippen MR) is 96.3 cm³/mol. The SMILES string of the molecule is CCNC(=NCc1ccc(Cl)nc1)NCc1cc(Cl)c(Cl)n1C. The quantitative estimate of drug-likeness (QED) is 0.477. The number of hydrogen-bond donors (Lipinski definition) is 2. The molecule has 0 aromatic carbocycles. The number of hydrogen-bond acceptors (Lipinski definition) is 2. The third kappa shape index (κ3) is 5.03. The number of halogens is 3. The van der Waals surface area contributed by atoms with Crippen LogP contribution in [0.25, 0.3) is 0 Å². The van der Waals surface area contributed by atoms with Crippen LogP contribution in [-0.2, 0) is 20.1 Å². The Bertz CT molecular complexity index is 679. The minimum atomic E-state index is 0.472. The summed E-state index contributed by atoms with van der Waals surface area (Å²) in [5, 5.41) is 7.99. The second-order valence-corrected chi connectivity index (χ2v) is 6.02. The molecule has 2 aromatic heterocycles. The van der Waals surface area contributed by atoms with Crippen molar-refractivity contribution in [1.82, 2.24) is 20.2 Å². The molecule has 5 nitrogen and oxygen atoms in total. The number of guanidine groups is 1. The Kier molecular flexibility index (Phi) is 6.57. The van der Waals surface area contributed by atoms with Crippen LogP contribution < -0.4 is 10.6 Å². The number of pyridine rings is 1. The summed E-state index contributed by atoms with van der Waals surface area (Å²) < 4.78 is 1.84. The molecule has 0 radical (unpaired) electrons. The molecule has 0 unspecified atom stereocenters. The Hall–Kier alpha value is -1.43. The lowest BCUT2D eigenvalue weighted by molar-refractivity contribution is 0.752. The van der Waals surface area contributed by atoms with Gasteiger partial charge in [-0.25, -0.2) is 9.98 Å². The first-order valence-electron chi connectivity index (χ1n) is 7.13. The third-order valence-electron chi connectivity index (χ3n) is 3.21. The molecule has 124 valence electrons. The van der Waals surface area contributed by atoms with Gasteiger partial charge < -0.3 is 15.2 Å². The van der Waals surface area contributed by atoms with Gasteiger partial charge in [-0.2, -0.15) is 0 Å². The van der Waals surface area contributed by atoms with Gasteiger partial charge in [-0.15, -0.1) is 0 Å². The average Bonchev–Trinajstić information content (AvgIpc) is 2.79. The molecule has 0 saturated heterocycles. The summed E-state index contributed by atoms with van der Waals surface area (Å²) in [6.45, 7) is 3.85. The van der Waals surface area contributed by atoms with Crippen LogP contribution in [0.1, 0.15) is 18.2 Å². The molecule has 8 heteroatoms. The van der Waals surface area contributed by atoms with Crippen LogP contribution in [-0.4, -0.2) is 22.1 Å². The maximum absolute atomic E-state index is 6.07. The first kappa shape index (κ1) is 17.9. The monoisotopic (exact) mass is 373 g/mol. The Balaban J connectivity index is 2.01. The van der Waals surface area contributed by atoms with Gasteiger partial charge in [0.15, 0.2) is 5.96 Å². The summed E-state index contributed by atoms with van der Waals surface area (Å²) in [5.41, 5.74) is 1.95. The largest absolute Gasteiger partial charge is 0.357 e. The van der Waals surface area contributed by atoms with E-state index in [2.05, 4.69) is 20.6 Å². The number of nitrogens with one attached hydrogen (secondary N) is 2. The van der Waals surface area contributed by atoms with Gasteiger partial charge in [-0.05, 0) is 24.6 Å². The molecular weight excluding hydrogens is 357 g/mol. The Morgan fingerprint density at radius 3 is 2.61 bits per heavy atom. The highest BCUT2D eigenvalue weighted by Crippen LogP contribution is 2.24. The fraction of sp³-hybridized carbons (Fsp3) is 0.333. The van der Waals surface area contributed by atoms with E-state index in [1.54, 1.807) is 12.3 Å². The van der Waals surface area contributed by atoms with E-state index < -0.39 is 0 Å². The Morgan fingerprint density at radius 2 is 2.04 bits per heavy atom. The van der Waals surface area contributed by atoms with Crippen molar-refractivity contribution in [2.75, 3.05) is 6.54 Å². The molecule has 0 aliphatic carbocycles. The maximum Gasteiger partial charge on any atom is 0.191 e. The van der Waals surface area contributed by atoms with E-state index in [0.29, 0.717) is 34.4 Å². The number of rotatable bonds is 5. The fourth-order valence-corrected chi connectivity index (χ4v) is 2.47. The highest BCUT2D eigenvalue weighted by Gasteiger charge is 2.09. The first-order valence-corrected chi connectivity index (χ1v) is 8.26. The van der Waals surface area contributed by atoms with Crippen molar-refractivity contribution < 1.29 is 0 Å². The van der Waals surface area contributed by atoms with Crippen LogP contribution in [0.2, 0.25) is 15.3 Å². The van der Waals surface area contributed by atoms with Gasteiger partial charge in [0.25, 0.3) is 0 Å². The molecular formula is C15H18Cl3N5. The van der Waals surface area contributed by atoms with Crippen molar-refractivity contribution in [3.63, 3.8) is 0 Å². The molecule has 0 amide bonds. The van der Waals surface area contributed by atoms with Crippen LogP contribution in [0.15, 0.2) is 29.4 Å². The highest BCUT2D eigenvalue weighted by molar-refractivity contribution is 6.41. The van der Waals surface area contributed by atoms with Crippen LogP contribution >= 0.6 is 34.8 Å². The van der Waals surface area contributed by atoms with Crippen LogP contribution in [0.3, 0.4) is 0 Å². The zero-order valence-electron chi connectivity index (χ0n) is 12.9. The maximum atomic E-state index is 6.07. The average molecular weight is 375 g/mol. The van der Waals surface area contributed by atoms with Gasteiger partial charge >= 0.3 is 0 Å². The van der Waals surface area contributed by atoms with E-state index in [1.165, 1.54) is 0 Å². The zero-order chi connectivity index (χ0) is 16.8. The third-order valence-corrected chi connectivity index (χ3v) is 4.27. The van der Waals surface area contributed by atoms with Gasteiger partial charge in [0.05, 0.1) is 18.1 Å². The van der Waals surface area contributed by atoms with E-state index in [4.69, 9.17) is 34.8 Å². The highest BCUT2D eigenvalue weighted by atomic mass is 35.5. The number of aromatic nitrogens is 2. The van der Waals surface area contributed by atoms with Crippen molar-refractivity contribution in [3.05, 3.63) is 51.0 Å². The van der Waals surface area contributed by atoms with Gasteiger partial charge in [0.1, 0.15) is 10.3 Å². The molecule has 0 saturated carbocycles. The number of aliphatic imine (C=N–C) groups is 1. The Labute approximate surface area is 150 Å². The summed E-state index contributed by atoms with van der Waals surface area (Å²) >= 11 is 17.9. The van der Waals surface area contributed by atoms with Gasteiger partial charge in [-0.3, -0.25) is 0 Å². The molecule has 0 fully saturated rings. The summed E-state index contributed by atoms with van der Waals surface area (Å²) in [6.07, 6.45) is 1.71. The van der Waals surface area contributed by atoms with Gasteiger partial charge in [0.2, 0.25) is 0 Å². The van der Waals surface area contributed by atoms with E-state index in [9.17, 15) is 0 Å². The predicted octanol–water partition coefficient (Wildman–Crippen LogP) is 3.64. The van der Waals surface area contributed by atoms with Crippen LogP contribution in [0.4, 0.5) is 0 Å². The Morgan fingerprint density at radius 1 is 1.26 bits per heavy atom. The van der Waals surface area contributed by atoms with Gasteiger partial charge in [0, 0.05) is 25.5 Å². The molecule has 2 heterocycles. The summed E-state index contributed by atoms with van der Waals surface area (Å²) in [5.74, 6) is 0.705. The van der Waals surface area contributed by atoms with Gasteiger partial charge in [-0.1, -0.05) is 40.9 Å². The lowest BCUT2D eigenvalue weighted by atomic mass is 10.3. The van der Waals surface area contributed by atoms with E-state index in [-0.39, 0.29) is 0 Å². The fourth-order valence-electron chi connectivity index (χ4n) is 1.94. The smallest absolute Gasteiger partial charge is 0.191 e. The minimum Gasteiger partial charge on any atom is -0.357 e. The molecule has 2 N–H and O–H groups in total. The molecule has 0 aliphatic heterocycles. The van der Waals surface area contributed by atoms with Crippen molar-refractivity contribution in [1.29, 1.82) is 0 Å². The lowest BCUT2D eigenvalue weighted by Gasteiger charge is -2.12. The van der Waals surface area contributed by atoms with Crippen LogP contribution in [0, 0.1) is 0 Å². The molecule has 0 atom stereocenters. The molecule has 0 spiro atoms. The van der Waals surface area contributed by atoms with Crippen LogP contribution in [0.5, 0.6) is 0 Å². The second-order valence-electron chi connectivity index (χ2n) is 4.87. The first-order chi connectivity index (χ1) is 11.0. The van der Waals surface area contributed by atoms with Crippen molar-refractivity contribution in [3.8, 4) is 0 Å². The van der Waals surface area contributed by atoms with Crippen molar-refractivity contribution >= 4 is 40.8 Å². The zero-order valence-corrected chi connectivity index (χ0v) is 15.2. The minimum absolute atomic E-state index is 0.472. The molecule has 0 aliphatic rings. The summed E-state index contributed by atoms with van der Waals surface area (Å²) in [4.78, 5) is 8.57. The topological polar surface area (TPSA) is 54.2 Å². The molecule has 0 bridgehead atoms. The molecule has 23 heavy (non-hydrogen) atoms. The van der Waals surface area contributed by atoms with Crippen molar-refractivity contribution in [2.24, 2.45) is 12.0 Å². The lowest BCUT2D eigenvalue weighted by Crippen LogP contribution is -2.37. The van der Waals surface area contributed by atoms with Crippen molar-refractivity contribution in [2.45, 2.75) is 20.0 Å². The summed E-state index contributed by atoms with van der Waals surface area (Å²) in [7, 11) is 1.87. The summed E-state index contributed by atoms with van der Waals surface area (Å²) in [6, 6.07) is 5.49. The molecule has 2 aromatic rings. The van der Waals surface area contributed by atoms with E-state index in [1.807, 2.05) is 30.7 Å². The number of nitrogens with zero attached hydrogens (tertiary/aromatic N) is 3. The standard InChI is InChI=1S/C15H18Cl3N5/c1-3-19-15(21-8-10-4-5-13(17)20-7-10)22-9-11-6-12(16)14(18)23(11)2/h4-7H,3,8-9H2,1-2H3,(H2,19,21,22). The van der Waals surface area contributed by atoms with E-state index in [0.717, 1.165) is 17.8 Å². The molecule has 2 rings (SSSR count).